The monoisotopic (exact) mass is 186 g/mol. The Kier molecular flexibility index (Phi) is 1.82. The summed E-state index contributed by atoms with van der Waals surface area (Å²) in [5, 5.41) is 0. The van der Waals surface area contributed by atoms with E-state index in [9.17, 15) is 13.2 Å². The highest BCUT2D eigenvalue weighted by Crippen LogP contribution is 2.55. The third-order valence-corrected chi connectivity index (χ3v) is 2.44. The highest BCUT2D eigenvalue weighted by atomic mass is 19.4. The first-order valence-corrected chi connectivity index (χ1v) is 4.20. The lowest BCUT2D eigenvalue weighted by atomic mass is 10.1. The molecule has 13 heavy (non-hydrogen) atoms. The molecule has 0 nitrogen and oxygen atoms in total. The zero-order valence-electron chi connectivity index (χ0n) is 6.88. The van der Waals surface area contributed by atoms with E-state index in [1.54, 1.807) is 24.3 Å². The van der Waals surface area contributed by atoms with Crippen molar-refractivity contribution in [2.45, 2.75) is 18.5 Å². The maximum Gasteiger partial charge on any atom is 0.392 e. The standard InChI is InChI=1S/C10H9F3/c11-10(12,13)9-6-8(9)7-4-2-1-3-5-7/h1-5,8-9H,6H2/t8-,9-/m0/s1. The summed E-state index contributed by atoms with van der Waals surface area (Å²) in [7, 11) is 0. The van der Waals surface area contributed by atoms with E-state index >= 15 is 0 Å². The van der Waals surface area contributed by atoms with E-state index in [2.05, 4.69) is 0 Å². The molecule has 0 N–H and O–H groups in total. The molecule has 70 valence electrons. The normalized spacial score (nSPS) is 27.3. The summed E-state index contributed by atoms with van der Waals surface area (Å²) in [5.41, 5.74) is 0.810. The lowest BCUT2D eigenvalue weighted by Gasteiger charge is -2.04. The van der Waals surface area contributed by atoms with Crippen LogP contribution in [0.3, 0.4) is 0 Å². The van der Waals surface area contributed by atoms with Crippen molar-refractivity contribution >= 4 is 0 Å². The van der Waals surface area contributed by atoms with Crippen molar-refractivity contribution in [3.63, 3.8) is 0 Å². The van der Waals surface area contributed by atoms with Crippen molar-refractivity contribution in [2.24, 2.45) is 5.92 Å². The van der Waals surface area contributed by atoms with Gasteiger partial charge in [-0.05, 0) is 17.9 Å². The van der Waals surface area contributed by atoms with E-state index in [4.69, 9.17) is 0 Å². The minimum absolute atomic E-state index is 0.257. The Morgan fingerprint density at radius 3 is 2.15 bits per heavy atom. The first-order valence-electron chi connectivity index (χ1n) is 4.20. The molecule has 0 aliphatic heterocycles. The number of alkyl halides is 3. The molecule has 0 amide bonds. The van der Waals surface area contributed by atoms with Crippen molar-refractivity contribution in [3.8, 4) is 0 Å². The van der Waals surface area contributed by atoms with Gasteiger partial charge < -0.3 is 0 Å². The Labute approximate surface area is 74.4 Å². The van der Waals surface area contributed by atoms with Gasteiger partial charge in [-0.25, -0.2) is 0 Å². The number of rotatable bonds is 1. The van der Waals surface area contributed by atoms with Crippen LogP contribution in [-0.2, 0) is 0 Å². The predicted molar refractivity (Wildman–Crippen MR) is 43.3 cm³/mol. The molecule has 0 radical (unpaired) electrons. The third-order valence-electron chi connectivity index (χ3n) is 2.44. The van der Waals surface area contributed by atoms with E-state index in [0.29, 0.717) is 0 Å². The van der Waals surface area contributed by atoms with Crippen LogP contribution in [0.5, 0.6) is 0 Å². The molecule has 3 heteroatoms. The minimum atomic E-state index is -4.01. The molecule has 1 aromatic carbocycles. The predicted octanol–water partition coefficient (Wildman–Crippen LogP) is 3.35. The van der Waals surface area contributed by atoms with Crippen molar-refractivity contribution in [3.05, 3.63) is 35.9 Å². The van der Waals surface area contributed by atoms with Crippen molar-refractivity contribution < 1.29 is 13.2 Å². The zero-order valence-corrected chi connectivity index (χ0v) is 6.88. The van der Waals surface area contributed by atoms with Crippen LogP contribution < -0.4 is 0 Å². The van der Waals surface area contributed by atoms with Crippen molar-refractivity contribution in [1.82, 2.24) is 0 Å². The molecule has 1 aliphatic carbocycles. The lowest BCUT2D eigenvalue weighted by Crippen LogP contribution is -2.11. The lowest BCUT2D eigenvalue weighted by molar-refractivity contribution is -0.148. The fourth-order valence-electron chi connectivity index (χ4n) is 1.63. The molecule has 1 fully saturated rings. The molecule has 2 rings (SSSR count). The van der Waals surface area contributed by atoms with Gasteiger partial charge in [0, 0.05) is 0 Å². The maximum absolute atomic E-state index is 12.2. The summed E-state index contributed by atoms with van der Waals surface area (Å²) in [4.78, 5) is 0. The fraction of sp³-hybridized carbons (Fsp3) is 0.400. The van der Waals surface area contributed by atoms with Gasteiger partial charge in [-0.2, -0.15) is 13.2 Å². The van der Waals surface area contributed by atoms with Gasteiger partial charge in [-0.3, -0.25) is 0 Å². The van der Waals surface area contributed by atoms with Crippen LogP contribution in [0.4, 0.5) is 13.2 Å². The number of hydrogen-bond acceptors (Lipinski definition) is 0. The smallest absolute Gasteiger partial charge is 0.171 e. The molecule has 0 unspecified atom stereocenters. The molecule has 0 heterocycles. The Morgan fingerprint density at radius 2 is 1.69 bits per heavy atom. The highest BCUT2D eigenvalue weighted by molar-refractivity contribution is 5.26. The number of benzene rings is 1. The Bertz CT molecular complexity index is 289. The highest BCUT2D eigenvalue weighted by Gasteiger charge is 2.55. The number of hydrogen-bond donors (Lipinski definition) is 0. The molecule has 0 bridgehead atoms. The van der Waals surface area contributed by atoms with Crippen molar-refractivity contribution in [1.29, 1.82) is 0 Å². The Hall–Kier alpha value is -0.990. The van der Waals surface area contributed by atoms with Crippen LogP contribution in [0, 0.1) is 5.92 Å². The Balaban J connectivity index is 2.09. The first kappa shape index (κ1) is 8.60. The van der Waals surface area contributed by atoms with Crippen molar-refractivity contribution in [2.75, 3.05) is 0 Å². The summed E-state index contributed by atoms with van der Waals surface area (Å²) in [6.07, 6.45) is -3.76. The van der Waals surface area contributed by atoms with Crippen LogP contribution in [0.15, 0.2) is 30.3 Å². The van der Waals surface area contributed by atoms with Gasteiger partial charge in [0.2, 0.25) is 0 Å². The largest absolute Gasteiger partial charge is 0.392 e. The van der Waals surface area contributed by atoms with Crippen LogP contribution in [0.1, 0.15) is 17.9 Å². The molecule has 0 aromatic heterocycles. The van der Waals surface area contributed by atoms with Gasteiger partial charge in [0.1, 0.15) is 0 Å². The molecule has 0 saturated heterocycles. The average Bonchev–Trinajstić information content (AvgIpc) is 2.83. The minimum Gasteiger partial charge on any atom is -0.171 e. The second kappa shape index (κ2) is 2.76. The van der Waals surface area contributed by atoms with Crippen LogP contribution in [-0.4, -0.2) is 6.18 Å². The Morgan fingerprint density at radius 1 is 1.08 bits per heavy atom. The summed E-state index contributed by atoms with van der Waals surface area (Å²) >= 11 is 0. The first-order chi connectivity index (χ1) is 6.09. The quantitative estimate of drug-likeness (QED) is 0.630. The molecule has 1 aromatic rings. The van der Waals surface area contributed by atoms with E-state index in [1.165, 1.54) is 0 Å². The molecular formula is C10H9F3. The zero-order chi connectivity index (χ0) is 9.47. The topological polar surface area (TPSA) is 0 Å². The van der Waals surface area contributed by atoms with Gasteiger partial charge in [0.15, 0.2) is 0 Å². The van der Waals surface area contributed by atoms with Crippen LogP contribution in [0.2, 0.25) is 0 Å². The molecule has 2 atom stereocenters. The maximum atomic E-state index is 12.2. The van der Waals surface area contributed by atoms with Crippen LogP contribution in [0.25, 0.3) is 0 Å². The van der Waals surface area contributed by atoms with E-state index in [0.717, 1.165) is 5.56 Å². The summed E-state index contributed by atoms with van der Waals surface area (Å²) in [6, 6.07) is 8.89. The van der Waals surface area contributed by atoms with Gasteiger partial charge >= 0.3 is 6.18 Å². The summed E-state index contributed by atoms with van der Waals surface area (Å²) < 4.78 is 36.5. The summed E-state index contributed by atoms with van der Waals surface area (Å²) in [6.45, 7) is 0. The van der Waals surface area contributed by atoms with E-state index < -0.39 is 12.1 Å². The molecule has 1 aliphatic rings. The van der Waals surface area contributed by atoms with E-state index in [-0.39, 0.29) is 12.3 Å². The third kappa shape index (κ3) is 1.69. The summed E-state index contributed by atoms with van der Waals surface area (Å²) in [5.74, 6) is -1.39. The molecule has 1 saturated carbocycles. The van der Waals surface area contributed by atoms with Gasteiger partial charge in [0.05, 0.1) is 5.92 Å². The average molecular weight is 186 g/mol. The van der Waals surface area contributed by atoms with Crippen LogP contribution >= 0.6 is 0 Å². The van der Waals surface area contributed by atoms with Gasteiger partial charge in [-0.1, -0.05) is 30.3 Å². The number of halogens is 3. The second-order valence-corrected chi connectivity index (χ2v) is 3.40. The SMILES string of the molecule is FC(F)(F)[C@H]1C[C@H]1c1ccccc1. The molecule has 0 spiro atoms. The fourth-order valence-corrected chi connectivity index (χ4v) is 1.63. The van der Waals surface area contributed by atoms with Gasteiger partial charge in [0.25, 0.3) is 0 Å². The molecular weight excluding hydrogens is 177 g/mol. The van der Waals surface area contributed by atoms with E-state index in [1.807, 2.05) is 6.07 Å². The second-order valence-electron chi connectivity index (χ2n) is 3.40. The van der Waals surface area contributed by atoms with Gasteiger partial charge in [-0.15, -0.1) is 0 Å².